The quantitative estimate of drug-likeness (QED) is 0.726. The van der Waals surface area contributed by atoms with Gasteiger partial charge in [0, 0.05) is 25.4 Å². The fourth-order valence-electron chi connectivity index (χ4n) is 3.11. The van der Waals surface area contributed by atoms with E-state index in [9.17, 15) is 4.79 Å². The van der Waals surface area contributed by atoms with E-state index in [1.165, 1.54) is 10.9 Å². The summed E-state index contributed by atoms with van der Waals surface area (Å²) in [5, 5.41) is 9.68. The Labute approximate surface area is 148 Å². The summed E-state index contributed by atoms with van der Waals surface area (Å²) < 4.78 is 1.88. The van der Waals surface area contributed by atoms with Gasteiger partial charge in [-0.1, -0.05) is 42.5 Å². The molecule has 0 aliphatic carbocycles. The fourth-order valence-corrected chi connectivity index (χ4v) is 3.11. The third-order valence-electron chi connectivity index (χ3n) is 4.57. The molecule has 25 heavy (non-hydrogen) atoms. The smallest absolute Gasteiger partial charge is 0.244 e. The van der Waals surface area contributed by atoms with E-state index in [0.29, 0.717) is 6.54 Å². The lowest BCUT2D eigenvalue weighted by atomic mass is 10.0. The van der Waals surface area contributed by atoms with Crippen molar-refractivity contribution in [3.05, 3.63) is 71.1 Å². The molecule has 3 rings (SSSR count). The Kier molecular flexibility index (Phi) is 4.98. The molecule has 0 aliphatic rings. The third kappa shape index (κ3) is 3.79. The molecular weight excluding hydrogens is 310 g/mol. The minimum atomic E-state index is -0.0767. The Hall–Kier alpha value is -2.88. The van der Waals surface area contributed by atoms with Crippen LogP contribution in [0, 0.1) is 13.8 Å². The second-order valence-electron chi connectivity index (χ2n) is 6.22. The summed E-state index contributed by atoms with van der Waals surface area (Å²) in [5.41, 5.74) is 4.44. The molecule has 4 nitrogen and oxygen atoms in total. The van der Waals surface area contributed by atoms with Crippen molar-refractivity contribution < 1.29 is 4.79 Å². The Morgan fingerprint density at radius 2 is 1.92 bits per heavy atom. The molecule has 0 fully saturated rings. The van der Waals surface area contributed by atoms with Crippen LogP contribution >= 0.6 is 0 Å². The number of hydrogen-bond acceptors (Lipinski definition) is 2. The van der Waals surface area contributed by atoms with Crippen molar-refractivity contribution >= 4 is 22.8 Å². The van der Waals surface area contributed by atoms with Crippen molar-refractivity contribution in [2.45, 2.75) is 20.3 Å². The molecule has 1 heterocycles. The van der Waals surface area contributed by atoms with Gasteiger partial charge in [0.2, 0.25) is 5.91 Å². The highest BCUT2D eigenvalue weighted by atomic mass is 16.1. The molecule has 1 aromatic heterocycles. The van der Waals surface area contributed by atoms with Crippen LogP contribution in [0.4, 0.5) is 0 Å². The predicted octanol–water partition coefficient (Wildman–Crippen LogP) is 3.56. The molecule has 0 spiro atoms. The van der Waals surface area contributed by atoms with Gasteiger partial charge < -0.3 is 5.32 Å². The van der Waals surface area contributed by atoms with Crippen molar-refractivity contribution in [2.75, 3.05) is 6.54 Å². The molecule has 3 aromatic rings. The first-order chi connectivity index (χ1) is 12.1. The average molecular weight is 333 g/mol. The Morgan fingerprint density at radius 1 is 1.16 bits per heavy atom. The van der Waals surface area contributed by atoms with E-state index in [1.807, 2.05) is 49.0 Å². The molecule has 0 saturated heterocycles. The number of aryl methyl sites for hydroxylation is 2. The summed E-state index contributed by atoms with van der Waals surface area (Å²) in [4.78, 5) is 12.1. The van der Waals surface area contributed by atoms with Crippen LogP contribution in [0.2, 0.25) is 0 Å². The number of nitrogens with one attached hydrogen (secondary N) is 1. The molecule has 0 aliphatic heterocycles. The first kappa shape index (κ1) is 17.0. The summed E-state index contributed by atoms with van der Waals surface area (Å²) in [6, 6.07) is 14.3. The number of hydrogen-bond donors (Lipinski definition) is 1. The van der Waals surface area contributed by atoms with Crippen molar-refractivity contribution in [3.63, 3.8) is 0 Å². The van der Waals surface area contributed by atoms with E-state index in [1.54, 1.807) is 6.08 Å². The first-order valence-corrected chi connectivity index (χ1v) is 8.49. The van der Waals surface area contributed by atoms with Crippen molar-refractivity contribution in [2.24, 2.45) is 7.05 Å². The number of amides is 1. The lowest BCUT2D eigenvalue weighted by Gasteiger charge is -2.04. The molecular formula is C21H23N3O. The van der Waals surface area contributed by atoms with Gasteiger partial charge in [-0.3, -0.25) is 9.48 Å². The number of rotatable bonds is 5. The molecule has 128 valence electrons. The van der Waals surface area contributed by atoms with Crippen LogP contribution in [-0.4, -0.2) is 22.2 Å². The van der Waals surface area contributed by atoms with E-state index >= 15 is 0 Å². The zero-order valence-electron chi connectivity index (χ0n) is 14.9. The molecule has 1 amide bonds. The van der Waals surface area contributed by atoms with E-state index in [2.05, 4.69) is 35.5 Å². The standard InChI is InChI=1S/C21H23N3O/c1-15-19(16(2)24(3)23-15)13-14-22-21(25)12-11-18-9-6-8-17-7-4-5-10-20(17)18/h4-12H,13-14H2,1-3H3,(H,22,25)/b12-11+. The van der Waals surface area contributed by atoms with Crippen molar-refractivity contribution in [1.29, 1.82) is 0 Å². The van der Waals surface area contributed by atoms with Gasteiger partial charge in [0.15, 0.2) is 0 Å². The van der Waals surface area contributed by atoms with Crippen molar-refractivity contribution in [1.82, 2.24) is 15.1 Å². The maximum absolute atomic E-state index is 12.1. The largest absolute Gasteiger partial charge is 0.352 e. The van der Waals surface area contributed by atoms with Gasteiger partial charge in [-0.05, 0) is 48.2 Å². The van der Waals surface area contributed by atoms with Gasteiger partial charge in [-0.15, -0.1) is 0 Å². The first-order valence-electron chi connectivity index (χ1n) is 8.49. The monoisotopic (exact) mass is 333 g/mol. The number of nitrogens with zero attached hydrogens (tertiary/aromatic N) is 2. The molecule has 0 saturated carbocycles. The fraction of sp³-hybridized carbons (Fsp3) is 0.238. The van der Waals surface area contributed by atoms with Gasteiger partial charge in [-0.2, -0.15) is 5.10 Å². The number of carbonyl (C=O) groups is 1. The summed E-state index contributed by atoms with van der Waals surface area (Å²) in [5.74, 6) is -0.0767. The van der Waals surface area contributed by atoms with Crippen LogP contribution in [0.1, 0.15) is 22.5 Å². The summed E-state index contributed by atoms with van der Waals surface area (Å²) in [7, 11) is 1.94. The molecule has 0 radical (unpaired) electrons. The maximum atomic E-state index is 12.1. The summed E-state index contributed by atoms with van der Waals surface area (Å²) in [6.45, 7) is 4.66. The number of benzene rings is 2. The van der Waals surface area contributed by atoms with E-state index in [4.69, 9.17) is 0 Å². The number of fused-ring (bicyclic) bond motifs is 1. The second kappa shape index (κ2) is 7.34. The second-order valence-corrected chi connectivity index (χ2v) is 6.22. The molecule has 2 aromatic carbocycles. The van der Waals surface area contributed by atoms with Crippen LogP contribution in [0.5, 0.6) is 0 Å². The van der Waals surface area contributed by atoms with E-state index in [0.717, 1.165) is 28.8 Å². The zero-order valence-corrected chi connectivity index (χ0v) is 14.9. The zero-order chi connectivity index (χ0) is 17.8. The lowest BCUT2D eigenvalue weighted by molar-refractivity contribution is -0.116. The van der Waals surface area contributed by atoms with Crippen molar-refractivity contribution in [3.8, 4) is 0 Å². The Balaban J connectivity index is 1.61. The van der Waals surface area contributed by atoms with Gasteiger partial charge >= 0.3 is 0 Å². The predicted molar refractivity (Wildman–Crippen MR) is 102 cm³/mol. The number of carbonyl (C=O) groups excluding carboxylic acids is 1. The average Bonchev–Trinajstić information content (AvgIpc) is 2.86. The van der Waals surface area contributed by atoms with Gasteiger partial charge in [-0.25, -0.2) is 0 Å². The molecule has 1 N–H and O–H groups in total. The minimum Gasteiger partial charge on any atom is -0.352 e. The van der Waals surface area contributed by atoms with Crippen LogP contribution in [0.25, 0.3) is 16.8 Å². The SMILES string of the molecule is Cc1nn(C)c(C)c1CCNC(=O)/C=C/c1cccc2ccccc12. The van der Waals surface area contributed by atoms with Gasteiger partial charge in [0.05, 0.1) is 5.69 Å². The molecule has 0 unspecified atom stereocenters. The highest BCUT2D eigenvalue weighted by Gasteiger charge is 2.09. The Morgan fingerprint density at radius 3 is 2.68 bits per heavy atom. The molecule has 0 atom stereocenters. The highest BCUT2D eigenvalue weighted by molar-refractivity contribution is 5.96. The molecule has 4 heteroatoms. The van der Waals surface area contributed by atoms with Crippen LogP contribution < -0.4 is 5.32 Å². The third-order valence-corrected chi connectivity index (χ3v) is 4.57. The van der Waals surface area contributed by atoms with E-state index in [-0.39, 0.29) is 5.91 Å². The minimum absolute atomic E-state index is 0.0767. The normalized spacial score (nSPS) is 11.3. The van der Waals surface area contributed by atoms with Crippen LogP contribution in [0.3, 0.4) is 0 Å². The lowest BCUT2D eigenvalue weighted by Crippen LogP contribution is -2.23. The van der Waals surface area contributed by atoms with Crippen LogP contribution in [0.15, 0.2) is 48.5 Å². The summed E-state index contributed by atoms with van der Waals surface area (Å²) >= 11 is 0. The Bertz CT molecular complexity index is 932. The highest BCUT2D eigenvalue weighted by Crippen LogP contribution is 2.19. The van der Waals surface area contributed by atoms with E-state index < -0.39 is 0 Å². The summed E-state index contributed by atoms with van der Waals surface area (Å²) in [6.07, 6.45) is 4.27. The van der Waals surface area contributed by atoms with Gasteiger partial charge in [0.1, 0.15) is 0 Å². The topological polar surface area (TPSA) is 46.9 Å². The molecule has 0 bridgehead atoms. The van der Waals surface area contributed by atoms with Gasteiger partial charge in [0.25, 0.3) is 0 Å². The maximum Gasteiger partial charge on any atom is 0.244 e. The van der Waals surface area contributed by atoms with Crippen LogP contribution in [-0.2, 0) is 18.3 Å². The number of aromatic nitrogens is 2.